The molecule has 19 heavy (non-hydrogen) atoms. The topological polar surface area (TPSA) is 62.1 Å². The lowest BCUT2D eigenvalue weighted by Crippen LogP contribution is -2.33. The van der Waals surface area contributed by atoms with E-state index >= 15 is 0 Å². The van der Waals surface area contributed by atoms with Gasteiger partial charge in [0.2, 0.25) is 5.95 Å². The smallest absolute Gasteiger partial charge is 0.226 e. The van der Waals surface area contributed by atoms with E-state index in [9.17, 15) is 5.11 Å². The minimum Gasteiger partial charge on any atom is -0.394 e. The molecule has 1 fully saturated rings. The van der Waals surface area contributed by atoms with E-state index in [1.54, 1.807) is 18.6 Å². The molecule has 5 nitrogen and oxygen atoms in total. The number of rotatable bonds is 3. The highest BCUT2D eigenvalue weighted by Gasteiger charge is 2.25. The minimum atomic E-state index is 0.146. The van der Waals surface area contributed by atoms with Crippen molar-refractivity contribution in [3.8, 4) is 11.3 Å². The van der Waals surface area contributed by atoms with Crippen LogP contribution in [0.3, 0.4) is 0 Å². The highest BCUT2D eigenvalue weighted by molar-refractivity contribution is 5.59. The van der Waals surface area contributed by atoms with Crippen molar-refractivity contribution in [2.45, 2.75) is 18.9 Å². The van der Waals surface area contributed by atoms with Gasteiger partial charge in [0.15, 0.2) is 0 Å². The zero-order valence-corrected chi connectivity index (χ0v) is 10.6. The third-order valence-corrected chi connectivity index (χ3v) is 3.46. The normalized spacial score (nSPS) is 18.8. The Bertz CT molecular complexity index is 546. The molecule has 2 aromatic rings. The van der Waals surface area contributed by atoms with Gasteiger partial charge < -0.3 is 10.0 Å². The third kappa shape index (κ3) is 2.42. The van der Waals surface area contributed by atoms with Gasteiger partial charge in [0, 0.05) is 30.7 Å². The summed E-state index contributed by atoms with van der Waals surface area (Å²) < 4.78 is 0. The molecule has 3 rings (SSSR count). The van der Waals surface area contributed by atoms with Gasteiger partial charge in [0.25, 0.3) is 0 Å². The first-order valence-electron chi connectivity index (χ1n) is 6.49. The lowest BCUT2D eigenvalue weighted by atomic mass is 10.2. The number of hydrogen-bond acceptors (Lipinski definition) is 5. The van der Waals surface area contributed by atoms with Crippen LogP contribution in [0.15, 0.2) is 36.8 Å². The number of aromatic nitrogens is 3. The van der Waals surface area contributed by atoms with Gasteiger partial charge in [0.1, 0.15) is 0 Å². The number of hydrogen-bond donors (Lipinski definition) is 1. The fourth-order valence-electron chi connectivity index (χ4n) is 2.46. The molecular formula is C14H16N4O. The summed E-state index contributed by atoms with van der Waals surface area (Å²) in [7, 11) is 0. The second-order valence-electron chi connectivity index (χ2n) is 4.65. The molecule has 0 saturated carbocycles. The Labute approximate surface area is 112 Å². The molecule has 3 heterocycles. The van der Waals surface area contributed by atoms with Crippen molar-refractivity contribution in [1.82, 2.24) is 15.0 Å². The quantitative estimate of drug-likeness (QED) is 0.901. The van der Waals surface area contributed by atoms with Crippen molar-refractivity contribution in [3.63, 3.8) is 0 Å². The standard InChI is InChI=1S/C14H16N4O/c19-10-12-2-1-9-18(12)14-16-8-5-13(17-14)11-3-6-15-7-4-11/h3-8,12,19H,1-2,9-10H2/t12-/m0/s1. The molecule has 0 spiro atoms. The Hall–Kier alpha value is -2.01. The summed E-state index contributed by atoms with van der Waals surface area (Å²) in [5.74, 6) is 0.700. The van der Waals surface area contributed by atoms with E-state index in [0.717, 1.165) is 30.6 Å². The Kier molecular flexibility index (Phi) is 3.37. The second kappa shape index (κ2) is 5.32. The van der Waals surface area contributed by atoms with Gasteiger partial charge in [-0.1, -0.05) is 0 Å². The summed E-state index contributed by atoms with van der Waals surface area (Å²) in [6, 6.07) is 5.90. The van der Waals surface area contributed by atoms with E-state index in [1.807, 2.05) is 18.2 Å². The van der Waals surface area contributed by atoms with Crippen molar-refractivity contribution in [3.05, 3.63) is 36.8 Å². The summed E-state index contributed by atoms with van der Waals surface area (Å²) in [5.41, 5.74) is 1.91. The van der Waals surface area contributed by atoms with Crippen LogP contribution in [-0.2, 0) is 0 Å². The predicted molar refractivity (Wildman–Crippen MR) is 72.7 cm³/mol. The summed E-state index contributed by atoms with van der Waals surface area (Å²) in [6.45, 7) is 1.06. The lowest BCUT2D eigenvalue weighted by molar-refractivity contribution is 0.265. The molecule has 1 aliphatic heterocycles. The van der Waals surface area contributed by atoms with Crippen LogP contribution in [0.2, 0.25) is 0 Å². The molecule has 0 amide bonds. The molecule has 98 valence electrons. The lowest BCUT2D eigenvalue weighted by Gasteiger charge is -2.23. The van der Waals surface area contributed by atoms with Gasteiger partial charge in [-0.05, 0) is 31.0 Å². The molecular weight excluding hydrogens is 240 g/mol. The van der Waals surface area contributed by atoms with E-state index in [4.69, 9.17) is 0 Å². The van der Waals surface area contributed by atoms with Crippen LogP contribution in [0.5, 0.6) is 0 Å². The first-order valence-corrected chi connectivity index (χ1v) is 6.49. The highest BCUT2D eigenvalue weighted by Crippen LogP contribution is 2.24. The monoisotopic (exact) mass is 256 g/mol. The molecule has 0 aliphatic carbocycles. The summed E-state index contributed by atoms with van der Waals surface area (Å²) >= 11 is 0. The van der Waals surface area contributed by atoms with Crippen LogP contribution in [0.1, 0.15) is 12.8 Å². The van der Waals surface area contributed by atoms with Crippen molar-refractivity contribution >= 4 is 5.95 Å². The van der Waals surface area contributed by atoms with Crippen LogP contribution in [-0.4, -0.2) is 39.3 Å². The highest BCUT2D eigenvalue weighted by atomic mass is 16.3. The molecule has 0 radical (unpaired) electrons. The zero-order valence-electron chi connectivity index (χ0n) is 10.6. The number of aliphatic hydroxyl groups is 1. The van der Waals surface area contributed by atoms with E-state index < -0.39 is 0 Å². The van der Waals surface area contributed by atoms with E-state index in [1.165, 1.54) is 0 Å². The SMILES string of the molecule is OC[C@@H]1CCCN1c1nccc(-c2ccncc2)n1. The van der Waals surface area contributed by atoms with Gasteiger partial charge in [-0.25, -0.2) is 9.97 Å². The maximum atomic E-state index is 9.38. The fraction of sp³-hybridized carbons (Fsp3) is 0.357. The van der Waals surface area contributed by atoms with Gasteiger partial charge in [-0.15, -0.1) is 0 Å². The molecule has 0 unspecified atom stereocenters. The zero-order chi connectivity index (χ0) is 13.1. The first-order chi connectivity index (χ1) is 9.38. The van der Waals surface area contributed by atoms with Crippen LogP contribution >= 0.6 is 0 Å². The van der Waals surface area contributed by atoms with Crippen molar-refractivity contribution in [2.24, 2.45) is 0 Å². The summed E-state index contributed by atoms with van der Waals surface area (Å²) in [4.78, 5) is 15.0. The third-order valence-electron chi connectivity index (χ3n) is 3.46. The number of nitrogens with zero attached hydrogens (tertiary/aromatic N) is 4. The van der Waals surface area contributed by atoms with Gasteiger partial charge in [-0.2, -0.15) is 0 Å². The molecule has 0 aromatic carbocycles. The molecule has 1 N–H and O–H groups in total. The summed E-state index contributed by atoms with van der Waals surface area (Å²) in [6.07, 6.45) is 7.35. The number of aliphatic hydroxyl groups excluding tert-OH is 1. The van der Waals surface area contributed by atoms with E-state index in [-0.39, 0.29) is 12.6 Å². The molecule has 5 heteroatoms. The van der Waals surface area contributed by atoms with Gasteiger partial charge >= 0.3 is 0 Å². The predicted octanol–water partition coefficient (Wildman–Crippen LogP) is 1.50. The number of anilines is 1. The van der Waals surface area contributed by atoms with Crippen LogP contribution in [0, 0.1) is 0 Å². The Morgan fingerprint density at radius 1 is 1.21 bits per heavy atom. The van der Waals surface area contributed by atoms with Crippen molar-refractivity contribution < 1.29 is 5.11 Å². The second-order valence-corrected chi connectivity index (χ2v) is 4.65. The average Bonchev–Trinajstić information content (AvgIpc) is 2.97. The minimum absolute atomic E-state index is 0.146. The Balaban J connectivity index is 1.92. The van der Waals surface area contributed by atoms with Crippen LogP contribution < -0.4 is 4.90 Å². The van der Waals surface area contributed by atoms with E-state index in [0.29, 0.717) is 5.95 Å². The molecule has 0 bridgehead atoms. The largest absolute Gasteiger partial charge is 0.394 e. The molecule has 1 saturated heterocycles. The fourth-order valence-corrected chi connectivity index (χ4v) is 2.46. The first kappa shape index (κ1) is 12.0. The van der Waals surface area contributed by atoms with E-state index in [2.05, 4.69) is 19.9 Å². The van der Waals surface area contributed by atoms with Crippen LogP contribution in [0.4, 0.5) is 5.95 Å². The number of pyridine rings is 1. The molecule has 2 aromatic heterocycles. The Morgan fingerprint density at radius 3 is 2.84 bits per heavy atom. The van der Waals surface area contributed by atoms with Crippen LogP contribution in [0.25, 0.3) is 11.3 Å². The van der Waals surface area contributed by atoms with Crippen molar-refractivity contribution in [2.75, 3.05) is 18.1 Å². The Morgan fingerprint density at radius 2 is 2.05 bits per heavy atom. The van der Waals surface area contributed by atoms with Crippen molar-refractivity contribution in [1.29, 1.82) is 0 Å². The van der Waals surface area contributed by atoms with Gasteiger partial charge in [-0.3, -0.25) is 4.98 Å². The molecule has 1 atom stereocenters. The maximum Gasteiger partial charge on any atom is 0.226 e. The van der Waals surface area contributed by atoms with Gasteiger partial charge in [0.05, 0.1) is 18.3 Å². The average molecular weight is 256 g/mol. The maximum absolute atomic E-state index is 9.38. The summed E-state index contributed by atoms with van der Waals surface area (Å²) in [5, 5.41) is 9.38. The molecule has 1 aliphatic rings.